The highest BCUT2D eigenvalue weighted by molar-refractivity contribution is 7.79. The van der Waals surface area contributed by atoms with Crippen LogP contribution in [0.15, 0.2) is 66.9 Å². The lowest BCUT2D eigenvalue weighted by atomic mass is 9.53. The average molecular weight is 513 g/mol. The number of aliphatic hydroxyl groups is 1. The molecule has 5 atom stereocenters. The summed E-state index contributed by atoms with van der Waals surface area (Å²) in [6.07, 6.45) is 6.99. The van der Waals surface area contributed by atoms with E-state index in [2.05, 4.69) is 35.1 Å². The molecule has 2 bridgehead atoms. The second-order valence-corrected chi connectivity index (χ2v) is 10.5. The number of ether oxygens (including phenoxy) is 1. The van der Waals surface area contributed by atoms with Gasteiger partial charge >= 0.3 is 10.4 Å². The molecular formula is C26H28N2O7S. The van der Waals surface area contributed by atoms with E-state index in [4.69, 9.17) is 22.3 Å². The largest absolute Gasteiger partial charge is 0.504 e. The topological polar surface area (TPSA) is 140 Å². The predicted octanol–water partition coefficient (Wildman–Crippen LogP) is 2.78. The quantitative estimate of drug-likeness (QED) is 0.264. The number of hydrogen-bond acceptors (Lipinski definition) is 7. The van der Waals surface area contributed by atoms with Crippen LogP contribution in [-0.2, 0) is 22.2 Å². The Kier molecular flexibility index (Phi) is 6.26. The van der Waals surface area contributed by atoms with Crippen molar-refractivity contribution in [1.29, 1.82) is 0 Å². The zero-order valence-corrected chi connectivity index (χ0v) is 20.4. The summed E-state index contributed by atoms with van der Waals surface area (Å²) >= 11 is 0. The van der Waals surface area contributed by atoms with E-state index in [1.54, 1.807) is 6.07 Å². The van der Waals surface area contributed by atoms with Gasteiger partial charge in [0.1, 0.15) is 12.2 Å². The first-order valence-corrected chi connectivity index (χ1v) is 13.1. The Morgan fingerprint density at radius 1 is 1.08 bits per heavy atom. The summed E-state index contributed by atoms with van der Waals surface area (Å²) < 4.78 is 37.7. The van der Waals surface area contributed by atoms with E-state index in [0.717, 1.165) is 24.9 Å². The Balaban J connectivity index is 0.000000148. The minimum Gasteiger partial charge on any atom is -0.504 e. The maximum Gasteiger partial charge on any atom is 0.394 e. The van der Waals surface area contributed by atoms with Gasteiger partial charge in [-0.3, -0.25) is 14.1 Å². The number of aromatic hydroxyl groups is 1. The molecule has 7 rings (SSSR count). The van der Waals surface area contributed by atoms with Crippen LogP contribution in [0.1, 0.15) is 17.5 Å². The molecule has 1 saturated heterocycles. The lowest BCUT2D eigenvalue weighted by Gasteiger charge is -2.56. The van der Waals surface area contributed by atoms with Crippen LogP contribution in [0.5, 0.6) is 11.5 Å². The van der Waals surface area contributed by atoms with Crippen LogP contribution < -0.4 is 4.74 Å². The van der Waals surface area contributed by atoms with E-state index in [0.29, 0.717) is 17.7 Å². The maximum atomic E-state index is 10.4. The zero-order valence-electron chi connectivity index (χ0n) is 19.6. The van der Waals surface area contributed by atoms with Gasteiger partial charge in [-0.2, -0.15) is 8.42 Å². The van der Waals surface area contributed by atoms with Gasteiger partial charge in [-0.15, -0.1) is 0 Å². The SMILES string of the molecule is CN1CC[C@]23c4c5ccc(O)c4O[C@H]2[C@@H](O)C=C[C@H]3[C@H]1C5.O=S(=O)(O)O.c1ccc2ncccc2c1. The van der Waals surface area contributed by atoms with Gasteiger partial charge in [-0.05, 0) is 50.2 Å². The van der Waals surface area contributed by atoms with Gasteiger partial charge < -0.3 is 19.8 Å². The van der Waals surface area contributed by atoms with Gasteiger partial charge in [0.15, 0.2) is 11.5 Å². The van der Waals surface area contributed by atoms with Gasteiger partial charge in [0, 0.05) is 34.5 Å². The minimum absolute atomic E-state index is 0.160. The number of aromatic nitrogens is 1. The molecule has 0 saturated carbocycles. The smallest absolute Gasteiger partial charge is 0.394 e. The number of nitrogens with zero attached hydrogens (tertiary/aromatic N) is 2. The summed E-state index contributed by atoms with van der Waals surface area (Å²) in [6.45, 7) is 1.01. The average Bonchev–Trinajstić information content (AvgIpc) is 3.20. The van der Waals surface area contributed by atoms with E-state index >= 15 is 0 Å². The summed E-state index contributed by atoms with van der Waals surface area (Å²) in [5, 5.41) is 21.8. The maximum absolute atomic E-state index is 10.4. The highest BCUT2D eigenvalue weighted by Crippen LogP contribution is 2.62. The van der Waals surface area contributed by atoms with Gasteiger partial charge in [0.05, 0.1) is 5.52 Å². The molecule has 190 valence electrons. The third-order valence-electron chi connectivity index (χ3n) is 7.66. The second kappa shape index (κ2) is 9.13. The fraction of sp³-hybridized carbons (Fsp3) is 0.346. The molecule has 3 aromatic rings. The highest BCUT2D eigenvalue weighted by Gasteiger charge is 2.64. The monoisotopic (exact) mass is 512 g/mol. The minimum atomic E-state index is -4.67. The number of likely N-dealkylation sites (tertiary alicyclic amines) is 1. The van der Waals surface area contributed by atoms with E-state index in [9.17, 15) is 10.2 Å². The van der Waals surface area contributed by atoms with Crippen molar-refractivity contribution in [2.24, 2.45) is 5.92 Å². The number of aliphatic hydroxyl groups excluding tert-OH is 1. The number of hydrogen-bond donors (Lipinski definition) is 4. The molecule has 3 heterocycles. The normalized spacial score (nSPS) is 29.2. The molecule has 0 radical (unpaired) electrons. The fourth-order valence-corrected chi connectivity index (χ4v) is 6.25. The molecule has 1 fully saturated rings. The number of para-hydroxylation sites is 1. The first kappa shape index (κ1) is 24.7. The molecule has 0 amide bonds. The van der Waals surface area contributed by atoms with Crippen molar-refractivity contribution in [2.45, 2.75) is 36.5 Å². The Morgan fingerprint density at radius 3 is 2.56 bits per heavy atom. The van der Waals surface area contributed by atoms with Crippen LogP contribution in [0.3, 0.4) is 0 Å². The number of phenols is 1. The molecule has 2 aliphatic carbocycles. The van der Waals surface area contributed by atoms with Crippen molar-refractivity contribution < 1.29 is 32.5 Å². The number of rotatable bonds is 0. The van der Waals surface area contributed by atoms with Crippen LogP contribution in [0, 0.1) is 5.92 Å². The van der Waals surface area contributed by atoms with Crippen molar-refractivity contribution >= 4 is 21.3 Å². The predicted molar refractivity (Wildman–Crippen MR) is 133 cm³/mol. The first-order chi connectivity index (χ1) is 17.1. The number of piperidine rings is 1. The summed E-state index contributed by atoms with van der Waals surface area (Å²) in [5.41, 5.74) is 3.35. The summed E-state index contributed by atoms with van der Waals surface area (Å²) in [7, 11) is -2.48. The first-order valence-electron chi connectivity index (χ1n) is 11.7. The van der Waals surface area contributed by atoms with Crippen LogP contribution in [0.4, 0.5) is 0 Å². The highest BCUT2D eigenvalue weighted by atomic mass is 32.3. The number of phenolic OH excluding ortho intramolecular Hbond substituents is 1. The second-order valence-electron chi connectivity index (χ2n) is 9.57. The van der Waals surface area contributed by atoms with Crippen LogP contribution >= 0.6 is 0 Å². The van der Waals surface area contributed by atoms with E-state index < -0.39 is 16.5 Å². The fourth-order valence-electron chi connectivity index (χ4n) is 6.25. The van der Waals surface area contributed by atoms with Crippen molar-refractivity contribution in [2.75, 3.05) is 13.6 Å². The van der Waals surface area contributed by atoms with Crippen LogP contribution in [0.2, 0.25) is 0 Å². The molecule has 4 aliphatic rings. The molecule has 2 aliphatic heterocycles. The molecule has 36 heavy (non-hydrogen) atoms. The molecule has 10 heteroatoms. The molecule has 0 unspecified atom stereocenters. The Morgan fingerprint density at radius 2 is 1.81 bits per heavy atom. The van der Waals surface area contributed by atoms with Crippen LogP contribution in [-0.4, -0.2) is 69.5 Å². The van der Waals surface area contributed by atoms with Gasteiger partial charge in [-0.1, -0.05) is 42.5 Å². The van der Waals surface area contributed by atoms with Crippen LogP contribution in [0.25, 0.3) is 10.9 Å². The number of benzene rings is 2. The summed E-state index contributed by atoms with van der Waals surface area (Å²) in [6, 6.07) is 16.3. The van der Waals surface area contributed by atoms with E-state index in [1.807, 2.05) is 42.6 Å². The zero-order chi connectivity index (χ0) is 25.7. The molecule has 9 nitrogen and oxygen atoms in total. The Hall–Kier alpha value is -3.02. The molecule has 2 aromatic carbocycles. The summed E-state index contributed by atoms with van der Waals surface area (Å²) in [5.74, 6) is 1.19. The summed E-state index contributed by atoms with van der Waals surface area (Å²) in [4.78, 5) is 6.61. The lowest BCUT2D eigenvalue weighted by Crippen LogP contribution is -2.64. The standard InChI is InChI=1S/C17H19NO3.C9H7N.H2O4S/c1-18-7-6-17-10-3-5-13(20)16(17)21-15-12(19)4-2-9(14(15)17)8-11(10)18;1-2-6-9-8(4-1)5-3-7-10-9;1-5(2,3)4/h2-5,10-11,13,16,19-20H,6-8H2,1H3;1-7H;(H2,1,2,3,4)/t10-,11+,13-,16-,17-;;/m0../s1. The third-order valence-corrected chi connectivity index (χ3v) is 7.66. The van der Waals surface area contributed by atoms with E-state index in [1.165, 1.54) is 16.5 Å². The molecular weight excluding hydrogens is 484 g/mol. The third kappa shape index (κ3) is 4.25. The van der Waals surface area contributed by atoms with Crippen molar-refractivity contribution in [3.05, 3.63) is 78.0 Å². The van der Waals surface area contributed by atoms with Crippen molar-refractivity contribution in [3.63, 3.8) is 0 Å². The molecule has 1 spiro atoms. The number of pyridine rings is 1. The Labute approximate surface area is 209 Å². The van der Waals surface area contributed by atoms with Crippen molar-refractivity contribution in [3.8, 4) is 11.5 Å². The van der Waals surface area contributed by atoms with Crippen molar-refractivity contribution in [1.82, 2.24) is 9.88 Å². The Bertz CT molecular complexity index is 1350. The lowest BCUT2D eigenvalue weighted by molar-refractivity contribution is -0.0453. The number of likely N-dealkylation sites (N-methyl/N-ethyl adjacent to an activating group) is 1. The molecule has 4 N–H and O–H groups in total. The van der Waals surface area contributed by atoms with Gasteiger partial charge in [-0.25, -0.2) is 0 Å². The molecule has 1 aromatic heterocycles. The van der Waals surface area contributed by atoms with E-state index in [-0.39, 0.29) is 17.3 Å². The van der Waals surface area contributed by atoms with Gasteiger partial charge in [0.2, 0.25) is 0 Å². The number of fused-ring (bicyclic) bond motifs is 1. The van der Waals surface area contributed by atoms with Gasteiger partial charge in [0.25, 0.3) is 0 Å².